The van der Waals surface area contributed by atoms with Gasteiger partial charge in [-0.2, -0.15) is 5.10 Å². The summed E-state index contributed by atoms with van der Waals surface area (Å²) in [4.78, 5) is 15.1. The maximum absolute atomic E-state index is 11.0. The lowest BCUT2D eigenvalue weighted by Crippen LogP contribution is -2.09. The molecule has 1 heterocycles. The molecule has 100 valence electrons. The van der Waals surface area contributed by atoms with Crippen molar-refractivity contribution in [1.82, 2.24) is 14.8 Å². The van der Waals surface area contributed by atoms with E-state index in [9.17, 15) is 4.79 Å². The highest BCUT2D eigenvalue weighted by Gasteiger charge is 2.07. The Kier molecular flexibility index (Phi) is 4.68. The normalized spacial score (nSPS) is 10.4. The van der Waals surface area contributed by atoms with Crippen molar-refractivity contribution in [3.63, 3.8) is 0 Å². The fourth-order valence-electron chi connectivity index (χ4n) is 1.68. The van der Waals surface area contributed by atoms with E-state index in [1.54, 1.807) is 16.8 Å². The van der Waals surface area contributed by atoms with Gasteiger partial charge < -0.3 is 4.74 Å². The van der Waals surface area contributed by atoms with Gasteiger partial charge in [-0.05, 0) is 24.6 Å². The summed E-state index contributed by atoms with van der Waals surface area (Å²) in [5.41, 5.74) is 0.510. The number of carbonyl (C=O) groups excluding carboxylic acids is 1. The summed E-state index contributed by atoms with van der Waals surface area (Å²) in [5.74, 6) is 1.30. The fraction of sp³-hybridized carbons (Fsp3) is 0.308. The second-order valence-electron chi connectivity index (χ2n) is 3.99. The minimum absolute atomic E-state index is 0.294. The van der Waals surface area contributed by atoms with Crippen molar-refractivity contribution >= 4 is 22.2 Å². The molecule has 5 nitrogen and oxygen atoms in total. The molecule has 1 aromatic carbocycles. The molecule has 0 unspecified atom stereocenters. The van der Waals surface area contributed by atoms with Crippen LogP contribution in [-0.2, 0) is 13.2 Å². The second kappa shape index (κ2) is 6.47. The zero-order valence-electron chi connectivity index (χ0n) is 10.5. The Morgan fingerprint density at radius 2 is 2.32 bits per heavy atom. The summed E-state index contributed by atoms with van der Waals surface area (Å²) < 4.78 is 8.29. The Bertz CT molecular complexity index is 569. The Balaban J connectivity index is 2.10. The highest BCUT2D eigenvalue weighted by Crippen LogP contribution is 2.22. The number of ether oxygens (including phenoxy) is 1. The van der Waals surface area contributed by atoms with Gasteiger partial charge in [-0.1, -0.05) is 22.9 Å². The molecule has 0 N–H and O–H groups in total. The number of aromatic nitrogens is 3. The molecule has 0 saturated heterocycles. The first kappa shape index (κ1) is 13.7. The van der Waals surface area contributed by atoms with E-state index < -0.39 is 0 Å². The van der Waals surface area contributed by atoms with Gasteiger partial charge in [0, 0.05) is 11.0 Å². The standard InChI is InChI=1S/C13H14BrN3O2/c1-2-5-17-13(15-9-16-17)8-19-12-4-3-11(14)6-10(12)7-18/h3-4,6-7,9H,2,5,8H2,1H3. The van der Waals surface area contributed by atoms with Crippen molar-refractivity contribution in [3.05, 3.63) is 40.4 Å². The number of hydrogen-bond donors (Lipinski definition) is 0. The summed E-state index contributed by atoms with van der Waals surface area (Å²) in [5, 5.41) is 4.12. The van der Waals surface area contributed by atoms with Crippen LogP contribution >= 0.6 is 15.9 Å². The third-order valence-corrected chi connectivity index (χ3v) is 3.08. The van der Waals surface area contributed by atoms with Crippen LogP contribution in [-0.4, -0.2) is 21.1 Å². The minimum atomic E-state index is 0.294. The molecule has 0 atom stereocenters. The third kappa shape index (κ3) is 3.41. The van der Waals surface area contributed by atoms with Gasteiger partial charge in [0.1, 0.15) is 18.7 Å². The number of rotatable bonds is 6. The van der Waals surface area contributed by atoms with Crippen molar-refractivity contribution in [1.29, 1.82) is 0 Å². The molecule has 19 heavy (non-hydrogen) atoms. The lowest BCUT2D eigenvalue weighted by atomic mass is 10.2. The van der Waals surface area contributed by atoms with Gasteiger partial charge in [0.25, 0.3) is 0 Å². The molecule has 0 bridgehead atoms. The van der Waals surface area contributed by atoms with Crippen LogP contribution in [0.1, 0.15) is 29.5 Å². The average Bonchev–Trinajstić information content (AvgIpc) is 2.85. The Morgan fingerprint density at radius 1 is 1.47 bits per heavy atom. The summed E-state index contributed by atoms with van der Waals surface area (Å²) in [7, 11) is 0. The molecule has 0 fully saturated rings. The van der Waals surface area contributed by atoms with Gasteiger partial charge in [-0.25, -0.2) is 9.67 Å². The van der Waals surface area contributed by atoms with E-state index >= 15 is 0 Å². The van der Waals surface area contributed by atoms with Crippen molar-refractivity contribution in [2.75, 3.05) is 0 Å². The first-order valence-electron chi connectivity index (χ1n) is 5.98. The molecule has 0 amide bonds. The summed E-state index contributed by atoms with van der Waals surface area (Å²) in [6, 6.07) is 5.31. The summed E-state index contributed by atoms with van der Waals surface area (Å²) in [6.45, 7) is 3.17. The lowest BCUT2D eigenvalue weighted by Gasteiger charge is -2.09. The van der Waals surface area contributed by atoms with Crippen LogP contribution in [0.3, 0.4) is 0 Å². The quantitative estimate of drug-likeness (QED) is 0.767. The number of halogens is 1. The van der Waals surface area contributed by atoms with Crippen LogP contribution in [0.25, 0.3) is 0 Å². The van der Waals surface area contributed by atoms with Gasteiger partial charge in [0.2, 0.25) is 0 Å². The van der Waals surface area contributed by atoms with E-state index in [1.807, 2.05) is 6.07 Å². The predicted molar refractivity (Wildman–Crippen MR) is 74.2 cm³/mol. The maximum Gasteiger partial charge on any atom is 0.164 e. The van der Waals surface area contributed by atoms with Gasteiger partial charge in [0.05, 0.1) is 5.56 Å². The van der Waals surface area contributed by atoms with Gasteiger partial charge in [-0.3, -0.25) is 4.79 Å². The Labute approximate surface area is 119 Å². The van der Waals surface area contributed by atoms with Crippen LogP contribution in [0.15, 0.2) is 29.0 Å². The molecular weight excluding hydrogens is 310 g/mol. The van der Waals surface area contributed by atoms with Crippen LogP contribution in [0.5, 0.6) is 5.75 Å². The van der Waals surface area contributed by atoms with Gasteiger partial charge >= 0.3 is 0 Å². The topological polar surface area (TPSA) is 57.0 Å². The number of nitrogens with zero attached hydrogens (tertiary/aromatic N) is 3. The highest BCUT2D eigenvalue weighted by atomic mass is 79.9. The molecule has 2 rings (SSSR count). The zero-order chi connectivity index (χ0) is 13.7. The molecule has 0 aliphatic rings. The van der Waals surface area contributed by atoms with Crippen LogP contribution < -0.4 is 4.74 Å². The second-order valence-corrected chi connectivity index (χ2v) is 4.90. The molecule has 0 radical (unpaired) electrons. The van der Waals surface area contributed by atoms with Crippen LogP contribution in [0.4, 0.5) is 0 Å². The molecule has 0 aliphatic heterocycles. The van der Waals surface area contributed by atoms with E-state index in [-0.39, 0.29) is 0 Å². The first-order chi connectivity index (χ1) is 9.24. The SMILES string of the molecule is CCCn1ncnc1COc1ccc(Br)cc1C=O. The first-order valence-corrected chi connectivity index (χ1v) is 6.78. The number of benzene rings is 1. The summed E-state index contributed by atoms with van der Waals surface area (Å²) >= 11 is 3.32. The molecule has 0 saturated carbocycles. The highest BCUT2D eigenvalue weighted by molar-refractivity contribution is 9.10. The number of aldehydes is 1. The van der Waals surface area contributed by atoms with Crippen molar-refractivity contribution < 1.29 is 9.53 Å². The number of carbonyl (C=O) groups is 1. The number of aryl methyl sites for hydroxylation is 1. The maximum atomic E-state index is 11.0. The lowest BCUT2D eigenvalue weighted by molar-refractivity contribution is 0.111. The van der Waals surface area contributed by atoms with Crippen LogP contribution in [0, 0.1) is 0 Å². The largest absolute Gasteiger partial charge is 0.485 e. The predicted octanol–water partition coefficient (Wildman–Crippen LogP) is 2.84. The smallest absolute Gasteiger partial charge is 0.164 e. The van der Waals surface area contributed by atoms with Crippen LogP contribution in [0.2, 0.25) is 0 Å². The molecule has 0 spiro atoms. The Hall–Kier alpha value is -1.69. The van der Waals surface area contributed by atoms with Gasteiger partial charge in [-0.15, -0.1) is 0 Å². The van der Waals surface area contributed by atoms with E-state index in [0.29, 0.717) is 17.9 Å². The van der Waals surface area contributed by atoms with Crippen molar-refractivity contribution in [2.24, 2.45) is 0 Å². The van der Waals surface area contributed by atoms with E-state index in [1.165, 1.54) is 6.33 Å². The molecule has 0 aliphatic carbocycles. The van der Waals surface area contributed by atoms with E-state index in [4.69, 9.17) is 4.74 Å². The number of hydrogen-bond acceptors (Lipinski definition) is 4. The fourth-order valence-corrected chi connectivity index (χ4v) is 2.06. The Morgan fingerprint density at radius 3 is 3.05 bits per heavy atom. The zero-order valence-corrected chi connectivity index (χ0v) is 12.1. The average molecular weight is 324 g/mol. The summed E-state index contributed by atoms with van der Waals surface area (Å²) in [6.07, 6.45) is 3.27. The van der Waals surface area contributed by atoms with Crippen molar-refractivity contribution in [3.8, 4) is 5.75 Å². The molecule has 1 aromatic heterocycles. The molecule has 2 aromatic rings. The van der Waals surface area contributed by atoms with Crippen molar-refractivity contribution in [2.45, 2.75) is 26.5 Å². The molecular formula is C13H14BrN3O2. The minimum Gasteiger partial charge on any atom is -0.485 e. The monoisotopic (exact) mass is 323 g/mol. The van der Waals surface area contributed by atoms with Gasteiger partial charge in [0.15, 0.2) is 12.1 Å². The van der Waals surface area contributed by atoms with E-state index in [0.717, 1.165) is 29.5 Å². The van der Waals surface area contributed by atoms with E-state index in [2.05, 4.69) is 32.9 Å². The molecule has 6 heteroatoms. The third-order valence-electron chi connectivity index (χ3n) is 2.59.